The highest BCUT2D eigenvalue weighted by atomic mass is 16.6. The quantitative estimate of drug-likeness (QED) is 0.654. The zero-order valence-corrected chi connectivity index (χ0v) is 11.2. The molecule has 0 aliphatic carbocycles. The van der Waals surface area contributed by atoms with Gasteiger partial charge in [0.15, 0.2) is 5.82 Å². The molecule has 20 heavy (non-hydrogen) atoms. The van der Waals surface area contributed by atoms with Gasteiger partial charge in [0.05, 0.1) is 11.0 Å². The Hall–Kier alpha value is -2.71. The van der Waals surface area contributed by atoms with Gasteiger partial charge in [-0.05, 0) is 20.8 Å². The standard InChI is InChI=1S/C11H13N5O4/c1-6(2)19-11-9(16(17)18)10(12-5-13-11)14-8-4-7(3)20-15-8/h4-6H,1-3H3,(H,12,13,14,15). The van der Waals surface area contributed by atoms with Gasteiger partial charge in [-0.1, -0.05) is 5.16 Å². The van der Waals surface area contributed by atoms with Crippen molar-refractivity contribution in [2.24, 2.45) is 0 Å². The number of nitro groups is 1. The molecule has 9 heteroatoms. The lowest BCUT2D eigenvalue weighted by atomic mass is 10.4. The third-order valence-corrected chi connectivity index (χ3v) is 2.19. The van der Waals surface area contributed by atoms with E-state index in [1.54, 1.807) is 26.8 Å². The molecule has 2 aromatic rings. The Morgan fingerprint density at radius 3 is 2.75 bits per heavy atom. The van der Waals surface area contributed by atoms with Crippen molar-refractivity contribution in [3.8, 4) is 5.88 Å². The van der Waals surface area contributed by atoms with Gasteiger partial charge >= 0.3 is 5.69 Å². The Balaban J connectivity index is 2.39. The van der Waals surface area contributed by atoms with Crippen LogP contribution in [-0.2, 0) is 0 Å². The smallest absolute Gasteiger partial charge is 0.373 e. The Kier molecular flexibility index (Phi) is 3.78. The first-order valence-corrected chi connectivity index (χ1v) is 5.83. The fraction of sp³-hybridized carbons (Fsp3) is 0.364. The lowest BCUT2D eigenvalue weighted by Crippen LogP contribution is -2.11. The SMILES string of the molecule is Cc1cc(Nc2ncnc(OC(C)C)c2[N+](=O)[O-])no1. The predicted molar refractivity (Wildman–Crippen MR) is 69.0 cm³/mol. The molecule has 2 aromatic heterocycles. The number of anilines is 2. The highest BCUT2D eigenvalue weighted by Gasteiger charge is 2.25. The summed E-state index contributed by atoms with van der Waals surface area (Å²) in [5.41, 5.74) is -0.346. The van der Waals surface area contributed by atoms with Crippen LogP contribution in [0.25, 0.3) is 0 Å². The van der Waals surface area contributed by atoms with Crippen LogP contribution >= 0.6 is 0 Å². The molecule has 9 nitrogen and oxygen atoms in total. The summed E-state index contributed by atoms with van der Waals surface area (Å²) in [6, 6.07) is 1.59. The topological polar surface area (TPSA) is 116 Å². The van der Waals surface area contributed by atoms with Gasteiger partial charge in [-0.15, -0.1) is 0 Å². The van der Waals surface area contributed by atoms with Gasteiger partial charge in [-0.2, -0.15) is 4.98 Å². The van der Waals surface area contributed by atoms with E-state index in [2.05, 4.69) is 20.4 Å². The highest BCUT2D eigenvalue weighted by Crippen LogP contribution is 2.33. The molecule has 0 aromatic carbocycles. The molecule has 0 saturated carbocycles. The minimum Gasteiger partial charge on any atom is -0.470 e. The van der Waals surface area contributed by atoms with Crippen molar-refractivity contribution in [3.05, 3.63) is 28.3 Å². The summed E-state index contributed by atoms with van der Waals surface area (Å²) < 4.78 is 10.2. The van der Waals surface area contributed by atoms with Crippen LogP contribution in [0.5, 0.6) is 5.88 Å². The fourth-order valence-electron chi connectivity index (χ4n) is 1.47. The molecule has 0 radical (unpaired) electrons. The molecule has 0 aliphatic rings. The second-order valence-electron chi connectivity index (χ2n) is 4.25. The number of hydrogen-bond donors (Lipinski definition) is 1. The Morgan fingerprint density at radius 1 is 1.45 bits per heavy atom. The molecule has 0 unspecified atom stereocenters. The molecule has 2 rings (SSSR count). The van der Waals surface area contributed by atoms with Crippen molar-refractivity contribution in [2.75, 3.05) is 5.32 Å². The van der Waals surface area contributed by atoms with E-state index in [0.29, 0.717) is 11.6 Å². The fourth-order valence-corrected chi connectivity index (χ4v) is 1.47. The van der Waals surface area contributed by atoms with Crippen molar-refractivity contribution in [1.82, 2.24) is 15.1 Å². The van der Waals surface area contributed by atoms with Crippen LogP contribution in [0.2, 0.25) is 0 Å². The first kappa shape index (κ1) is 13.7. The van der Waals surface area contributed by atoms with Crippen LogP contribution in [0, 0.1) is 17.0 Å². The van der Waals surface area contributed by atoms with Crippen LogP contribution in [0.4, 0.5) is 17.3 Å². The summed E-state index contributed by atoms with van der Waals surface area (Å²) in [6.07, 6.45) is 0.936. The summed E-state index contributed by atoms with van der Waals surface area (Å²) in [6.45, 7) is 5.21. The van der Waals surface area contributed by atoms with Gasteiger partial charge in [0.1, 0.15) is 12.1 Å². The maximum Gasteiger partial charge on any atom is 0.373 e. The number of aryl methyl sites for hydroxylation is 1. The number of rotatable bonds is 5. The molecule has 0 amide bonds. The molecule has 0 atom stereocenters. The molecule has 0 fully saturated rings. The first-order chi connectivity index (χ1) is 9.47. The minimum atomic E-state index is -0.604. The lowest BCUT2D eigenvalue weighted by molar-refractivity contribution is -0.385. The normalized spacial score (nSPS) is 10.6. The summed E-state index contributed by atoms with van der Waals surface area (Å²) in [5.74, 6) is 0.791. The average molecular weight is 279 g/mol. The Labute approximate surface area is 114 Å². The first-order valence-electron chi connectivity index (χ1n) is 5.83. The van der Waals surface area contributed by atoms with Crippen molar-refractivity contribution < 1.29 is 14.2 Å². The number of hydrogen-bond acceptors (Lipinski definition) is 8. The molecule has 2 heterocycles. The number of nitrogens with zero attached hydrogens (tertiary/aromatic N) is 4. The van der Waals surface area contributed by atoms with E-state index in [1.165, 1.54) is 6.33 Å². The van der Waals surface area contributed by atoms with E-state index in [-0.39, 0.29) is 23.5 Å². The van der Waals surface area contributed by atoms with E-state index in [9.17, 15) is 10.1 Å². The number of ether oxygens (including phenoxy) is 1. The number of nitrogens with one attached hydrogen (secondary N) is 1. The van der Waals surface area contributed by atoms with Gasteiger partial charge in [0.25, 0.3) is 5.88 Å². The largest absolute Gasteiger partial charge is 0.470 e. The molecule has 0 bridgehead atoms. The van der Waals surface area contributed by atoms with E-state index >= 15 is 0 Å². The lowest BCUT2D eigenvalue weighted by Gasteiger charge is -2.10. The number of aromatic nitrogens is 3. The van der Waals surface area contributed by atoms with E-state index in [4.69, 9.17) is 9.26 Å². The van der Waals surface area contributed by atoms with E-state index < -0.39 is 4.92 Å². The summed E-state index contributed by atoms with van der Waals surface area (Å²) in [5, 5.41) is 17.6. The van der Waals surface area contributed by atoms with Crippen molar-refractivity contribution in [2.45, 2.75) is 26.9 Å². The van der Waals surface area contributed by atoms with Crippen molar-refractivity contribution in [1.29, 1.82) is 0 Å². The highest BCUT2D eigenvalue weighted by molar-refractivity contribution is 5.66. The maximum absolute atomic E-state index is 11.2. The van der Waals surface area contributed by atoms with Gasteiger partial charge in [0.2, 0.25) is 5.82 Å². The van der Waals surface area contributed by atoms with Gasteiger partial charge in [-0.3, -0.25) is 10.1 Å². The second-order valence-corrected chi connectivity index (χ2v) is 4.25. The van der Waals surface area contributed by atoms with Gasteiger partial charge < -0.3 is 14.6 Å². The van der Waals surface area contributed by atoms with E-state index in [1.807, 2.05) is 0 Å². The molecular formula is C11H13N5O4. The van der Waals surface area contributed by atoms with Crippen molar-refractivity contribution in [3.63, 3.8) is 0 Å². The zero-order chi connectivity index (χ0) is 14.7. The maximum atomic E-state index is 11.2. The molecule has 0 saturated heterocycles. The molecular weight excluding hydrogens is 266 g/mol. The van der Waals surface area contributed by atoms with Crippen LogP contribution < -0.4 is 10.1 Å². The summed E-state index contributed by atoms with van der Waals surface area (Å²) in [7, 11) is 0. The van der Waals surface area contributed by atoms with Gasteiger partial charge in [0, 0.05) is 6.07 Å². The second kappa shape index (κ2) is 5.51. The molecule has 1 N–H and O–H groups in total. The Bertz CT molecular complexity index is 625. The molecule has 0 aliphatic heterocycles. The van der Waals surface area contributed by atoms with Crippen LogP contribution in [0.15, 0.2) is 16.9 Å². The third kappa shape index (κ3) is 2.99. The van der Waals surface area contributed by atoms with Crippen molar-refractivity contribution >= 4 is 17.3 Å². The van der Waals surface area contributed by atoms with E-state index in [0.717, 1.165) is 0 Å². The average Bonchev–Trinajstić information content (AvgIpc) is 2.73. The minimum absolute atomic E-state index is 0.00560. The summed E-state index contributed by atoms with van der Waals surface area (Å²) in [4.78, 5) is 18.2. The molecule has 0 spiro atoms. The van der Waals surface area contributed by atoms with Crippen LogP contribution in [0.3, 0.4) is 0 Å². The van der Waals surface area contributed by atoms with Crippen LogP contribution in [0.1, 0.15) is 19.6 Å². The third-order valence-electron chi connectivity index (χ3n) is 2.19. The van der Waals surface area contributed by atoms with Gasteiger partial charge in [-0.25, -0.2) is 4.98 Å². The molecule has 106 valence electrons. The summed E-state index contributed by atoms with van der Waals surface area (Å²) >= 11 is 0. The zero-order valence-electron chi connectivity index (χ0n) is 11.2. The van der Waals surface area contributed by atoms with Crippen LogP contribution in [-0.4, -0.2) is 26.2 Å². The monoisotopic (exact) mass is 279 g/mol. The Morgan fingerprint density at radius 2 is 2.20 bits per heavy atom. The predicted octanol–water partition coefficient (Wildman–Crippen LogP) is 2.21.